The summed E-state index contributed by atoms with van der Waals surface area (Å²) in [6.07, 6.45) is 0.514. The number of amides is 1. The molecule has 6 heteroatoms. The van der Waals surface area contributed by atoms with Crippen LogP contribution in [0.1, 0.15) is 33.0 Å². The lowest BCUT2D eigenvalue weighted by atomic mass is 10.1. The molecule has 3 aromatic rings. The van der Waals surface area contributed by atoms with Crippen molar-refractivity contribution < 1.29 is 9.18 Å². The van der Waals surface area contributed by atoms with Crippen LogP contribution >= 0.6 is 0 Å². The Labute approximate surface area is 164 Å². The summed E-state index contributed by atoms with van der Waals surface area (Å²) in [5, 5.41) is 6.08. The normalized spacial score (nSPS) is 10.6. The summed E-state index contributed by atoms with van der Waals surface area (Å²) in [4.78, 5) is 21.2. The number of hydrogen-bond acceptors (Lipinski definition) is 4. The Morgan fingerprint density at radius 2 is 1.71 bits per heavy atom. The Morgan fingerprint density at radius 3 is 2.43 bits per heavy atom. The van der Waals surface area contributed by atoms with Crippen LogP contribution in [0.2, 0.25) is 0 Å². The van der Waals surface area contributed by atoms with Crippen molar-refractivity contribution in [1.82, 2.24) is 9.97 Å². The van der Waals surface area contributed by atoms with Gasteiger partial charge in [0.25, 0.3) is 5.91 Å². The van der Waals surface area contributed by atoms with Crippen LogP contribution < -0.4 is 10.6 Å². The van der Waals surface area contributed by atoms with E-state index in [0.717, 1.165) is 16.8 Å². The number of aryl methyl sites for hydroxylation is 3. The van der Waals surface area contributed by atoms with E-state index in [9.17, 15) is 9.18 Å². The van der Waals surface area contributed by atoms with Crippen molar-refractivity contribution in [3.63, 3.8) is 0 Å². The molecule has 28 heavy (non-hydrogen) atoms. The van der Waals surface area contributed by atoms with Gasteiger partial charge in [0.1, 0.15) is 23.2 Å². The summed E-state index contributed by atoms with van der Waals surface area (Å²) in [6, 6.07) is 14.1. The zero-order valence-corrected chi connectivity index (χ0v) is 16.2. The molecule has 1 amide bonds. The van der Waals surface area contributed by atoms with Gasteiger partial charge in [0.15, 0.2) is 0 Å². The highest BCUT2D eigenvalue weighted by Crippen LogP contribution is 2.20. The summed E-state index contributed by atoms with van der Waals surface area (Å²) in [7, 11) is 0. The van der Waals surface area contributed by atoms with Gasteiger partial charge >= 0.3 is 0 Å². The van der Waals surface area contributed by atoms with Crippen molar-refractivity contribution in [1.29, 1.82) is 0 Å². The van der Waals surface area contributed by atoms with Crippen LogP contribution in [0.25, 0.3) is 0 Å². The van der Waals surface area contributed by atoms with Crippen LogP contribution in [0, 0.1) is 26.6 Å². The van der Waals surface area contributed by atoms with Gasteiger partial charge in [-0.25, -0.2) is 14.4 Å². The van der Waals surface area contributed by atoms with E-state index in [1.54, 1.807) is 25.1 Å². The van der Waals surface area contributed by atoms with Crippen LogP contribution in [-0.2, 0) is 6.42 Å². The predicted octanol–water partition coefficient (Wildman–Crippen LogP) is 4.45. The molecule has 0 unspecified atom stereocenters. The van der Waals surface area contributed by atoms with Crippen molar-refractivity contribution in [2.45, 2.75) is 27.2 Å². The molecule has 1 aromatic heterocycles. The lowest BCUT2D eigenvalue weighted by Crippen LogP contribution is -2.17. The molecule has 2 aromatic carbocycles. The summed E-state index contributed by atoms with van der Waals surface area (Å²) >= 11 is 0. The number of nitrogens with one attached hydrogen (secondary N) is 2. The van der Waals surface area contributed by atoms with E-state index in [1.807, 2.05) is 38.1 Å². The molecule has 0 bridgehead atoms. The SMILES string of the molecule is Cc1nc(NCCc2ccccc2F)cc(C(=O)Nc2c(C)cccc2C)n1. The maximum atomic E-state index is 13.7. The molecule has 0 saturated heterocycles. The maximum Gasteiger partial charge on any atom is 0.274 e. The second-order valence-corrected chi connectivity index (χ2v) is 6.67. The number of benzene rings is 2. The molecule has 0 fully saturated rings. The van der Waals surface area contributed by atoms with Gasteiger partial charge in [0.2, 0.25) is 0 Å². The largest absolute Gasteiger partial charge is 0.370 e. The Hall–Kier alpha value is -3.28. The Kier molecular flexibility index (Phi) is 5.99. The zero-order valence-electron chi connectivity index (χ0n) is 16.2. The minimum atomic E-state index is -0.292. The molecule has 0 spiro atoms. The van der Waals surface area contributed by atoms with Gasteiger partial charge in [-0.05, 0) is 49.9 Å². The van der Waals surface area contributed by atoms with Crippen LogP contribution in [0.15, 0.2) is 48.5 Å². The molecule has 2 N–H and O–H groups in total. The lowest BCUT2D eigenvalue weighted by Gasteiger charge is -2.12. The van der Waals surface area contributed by atoms with E-state index in [2.05, 4.69) is 20.6 Å². The van der Waals surface area contributed by atoms with Crippen molar-refractivity contribution in [2.75, 3.05) is 17.2 Å². The molecule has 0 saturated carbocycles. The van der Waals surface area contributed by atoms with Crippen LogP contribution in [0.4, 0.5) is 15.9 Å². The van der Waals surface area contributed by atoms with E-state index < -0.39 is 0 Å². The van der Waals surface area contributed by atoms with Crippen molar-refractivity contribution in [2.24, 2.45) is 0 Å². The third-order valence-electron chi connectivity index (χ3n) is 4.45. The number of carbonyl (C=O) groups excluding carboxylic acids is 1. The predicted molar refractivity (Wildman–Crippen MR) is 109 cm³/mol. The topological polar surface area (TPSA) is 66.9 Å². The summed E-state index contributed by atoms with van der Waals surface area (Å²) in [5.41, 5.74) is 3.68. The van der Waals surface area contributed by atoms with Crippen LogP contribution in [0.5, 0.6) is 0 Å². The van der Waals surface area contributed by atoms with Gasteiger partial charge in [0, 0.05) is 18.3 Å². The Bertz CT molecular complexity index is 983. The number of carbonyl (C=O) groups is 1. The Morgan fingerprint density at radius 1 is 1.00 bits per heavy atom. The van der Waals surface area contributed by atoms with Crippen LogP contribution in [0.3, 0.4) is 0 Å². The minimum Gasteiger partial charge on any atom is -0.370 e. The molecular formula is C22H23FN4O. The van der Waals surface area contributed by atoms with Crippen molar-refractivity contribution >= 4 is 17.4 Å². The first kappa shape index (κ1) is 19.5. The zero-order chi connectivity index (χ0) is 20.1. The minimum absolute atomic E-state index is 0.225. The van der Waals surface area contributed by atoms with E-state index in [0.29, 0.717) is 30.2 Å². The molecule has 5 nitrogen and oxygen atoms in total. The number of rotatable bonds is 6. The van der Waals surface area contributed by atoms with Crippen molar-refractivity contribution in [3.8, 4) is 0 Å². The fraction of sp³-hybridized carbons (Fsp3) is 0.227. The molecule has 0 radical (unpaired) electrons. The third-order valence-corrected chi connectivity index (χ3v) is 4.45. The summed E-state index contributed by atoms with van der Waals surface area (Å²) in [6.45, 7) is 6.13. The first-order valence-electron chi connectivity index (χ1n) is 9.14. The van der Waals surface area contributed by atoms with Gasteiger partial charge in [-0.2, -0.15) is 0 Å². The van der Waals surface area contributed by atoms with Gasteiger partial charge < -0.3 is 10.6 Å². The van der Waals surface area contributed by atoms with Gasteiger partial charge in [-0.15, -0.1) is 0 Å². The van der Waals surface area contributed by atoms with E-state index in [-0.39, 0.29) is 17.4 Å². The first-order valence-corrected chi connectivity index (χ1v) is 9.14. The highest BCUT2D eigenvalue weighted by molar-refractivity contribution is 6.04. The molecule has 0 aliphatic heterocycles. The average molecular weight is 378 g/mol. The van der Waals surface area contributed by atoms with Gasteiger partial charge in [0.05, 0.1) is 0 Å². The summed E-state index contributed by atoms with van der Waals surface area (Å²) in [5.74, 6) is 0.509. The molecule has 3 rings (SSSR count). The second-order valence-electron chi connectivity index (χ2n) is 6.67. The number of aromatic nitrogens is 2. The number of para-hydroxylation sites is 1. The molecule has 1 heterocycles. The van der Waals surface area contributed by atoms with Crippen LogP contribution in [-0.4, -0.2) is 22.4 Å². The first-order chi connectivity index (χ1) is 13.4. The highest BCUT2D eigenvalue weighted by Gasteiger charge is 2.13. The maximum absolute atomic E-state index is 13.7. The Balaban J connectivity index is 1.70. The van der Waals surface area contributed by atoms with E-state index >= 15 is 0 Å². The average Bonchev–Trinajstić information content (AvgIpc) is 2.66. The molecular weight excluding hydrogens is 355 g/mol. The second kappa shape index (κ2) is 8.61. The third kappa shape index (κ3) is 4.71. The fourth-order valence-corrected chi connectivity index (χ4v) is 2.99. The van der Waals surface area contributed by atoms with E-state index in [1.165, 1.54) is 6.07 Å². The standard InChI is InChI=1S/C22H23FN4O/c1-14-7-6-8-15(2)21(14)27-22(28)19-13-20(26-16(3)25-19)24-12-11-17-9-4-5-10-18(17)23/h4-10,13H,11-12H2,1-3H3,(H,27,28)(H,24,25,26). The number of hydrogen-bond donors (Lipinski definition) is 2. The quantitative estimate of drug-likeness (QED) is 0.665. The molecule has 0 aliphatic rings. The summed E-state index contributed by atoms with van der Waals surface area (Å²) < 4.78 is 13.7. The molecule has 0 aliphatic carbocycles. The molecule has 0 atom stereocenters. The highest BCUT2D eigenvalue weighted by atomic mass is 19.1. The monoisotopic (exact) mass is 378 g/mol. The van der Waals surface area contributed by atoms with Gasteiger partial charge in [-0.3, -0.25) is 4.79 Å². The van der Waals surface area contributed by atoms with E-state index in [4.69, 9.17) is 0 Å². The van der Waals surface area contributed by atoms with Gasteiger partial charge in [-0.1, -0.05) is 36.4 Å². The smallest absolute Gasteiger partial charge is 0.274 e. The number of halogens is 1. The number of nitrogens with zero attached hydrogens (tertiary/aromatic N) is 2. The van der Waals surface area contributed by atoms with Crippen molar-refractivity contribution in [3.05, 3.63) is 82.6 Å². The molecule has 144 valence electrons. The fourth-order valence-electron chi connectivity index (χ4n) is 2.99. The lowest BCUT2D eigenvalue weighted by molar-refractivity contribution is 0.102. The number of anilines is 2.